The molecule has 4 aromatic rings. The van der Waals surface area contributed by atoms with Crippen LogP contribution in [0.25, 0.3) is 0 Å². The number of rotatable bonds is 8. The first kappa shape index (κ1) is 27.9. The van der Waals surface area contributed by atoms with E-state index in [9.17, 15) is 27.6 Å². The zero-order chi connectivity index (χ0) is 30.1. The second-order valence-corrected chi connectivity index (χ2v) is 11.8. The van der Waals surface area contributed by atoms with Gasteiger partial charge in [-0.3, -0.25) is 29.0 Å². The zero-order valence-electron chi connectivity index (χ0n) is 22.6. The lowest BCUT2D eigenvalue weighted by molar-refractivity contribution is -0.122. The Labute approximate surface area is 247 Å². The van der Waals surface area contributed by atoms with E-state index in [1.54, 1.807) is 72.8 Å². The van der Waals surface area contributed by atoms with E-state index in [1.165, 1.54) is 24.3 Å². The lowest BCUT2D eigenvalue weighted by atomic mass is 10.2. The number of hydrogen-bond donors (Lipinski definition) is 0. The topological polar surface area (TPSA) is 127 Å². The number of carbonyl (C=O) groups excluding carboxylic acids is 4. The van der Waals surface area contributed by atoms with Crippen LogP contribution in [-0.4, -0.2) is 32.0 Å². The van der Waals surface area contributed by atoms with E-state index in [0.29, 0.717) is 34.4 Å². The van der Waals surface area contributed by atoms with Crippen LogP contribution in [0.2, 0.25) is 0 Å². The van der Waals surface area contributed by atoms with Gasteiger partial charge in [-0.05, 0) is 97.1 Å². The van der Waals surface area contributed by atoms with E-state index in [4.69, 9.17) is 9.47 Å². The molecule has 0 aliphatic carbocycles. The molecule has 4 amide bonds. The summed E-state index contributed by atoms with van der Waals surface area (Å²) in [5.41, 5.74) is 0.951. The van der Waals surface area contributed by atoms with Gasteiger partial charge in [-0.1, -0.05) is 0 Å². The van der Waals surface area contributed by atoms with Crippen molar-refractivity contribution in [3.8, 4) is 23.0 Å². The third kappa shape index (κ3) is 5.62. The maximum absolute atomic E-state index is 13.2. The quantitative estimate of drug-likeness (QED) is 0.247. The summed E-state index contributed by atoms with van der Waals surface area (Å²) < 4.78 is 38.0. The molecule has 2 aliphatic heterocycles. The molecule has 0 atom stereocenters. The fourth-order valence-electron chi connectivity index (χ4n) is 4.84. The third-order valence-electron chi connectivity index (χ3n) is 7.03. The number of hydrogen-bond acceptors (Lipinski definition) is 8. The van der Waals surface area contributed by atoms with Crippen molar-refractivity contribution in [2.24, 2.45) is 0 Å². The molecule has 2 aliphatic rings. The van der Waals surface area contributed by atoms with Crippen molar-refractivity contribution in [3.63, 3.8) is 0 Å². The molecule has 0 N–H and O–H groups in total. The van der Waals surface area contributed by atoms with Crippen molar-refractivity contribution >= 4 is 44.8 Å². The Morgan fingerprint density at radius 3 is 0.953 bits per heavy atom. The number of anilines is 2. The van der Waals surface area contributed by atoms with Crippen LogP contribution in [0.5, 0.6) is 23.0 Å². The van der Waals surface area contributed by atoms with Crippen LogP contribution >= 0.6 is 0 Å². The molecular formula is C32H24N2O8S. The Balaban J connectivity index is 1.09. The Hall–Kier alpha value is -5.29. The first-order valence-electron chi connectivity index (χ1n) is 13.4. The van der Waals surface area contributed by atoms with E-state index in [0.717, 1.165) is 9.80 Å². The fourth-order valence-corrected chi connectivity index (χ4v) is 6.10. The summed E-state index contributed by atoms with van der Waals surface area (Å²) in [7, 11) is -3.82. The van der Waals surface area contributed by atoms with Crippen LogP contribution in [-0.2, 0) is 29.0 Å². The molecule has 10 nitrogen and oxygen atoms in total. The first-order chi connectivity index (χ1) is 20.7. The monoisotopic (exact) mass is 596 g/mol. The molecule has 4 aromatic carbocycles. The van der Waals surface area contributed by atoms with Crippen LogP contribution in [0.3, 0.4) is 0 Å². The Morgan fingerprint density at radius 1 is 0.419 bits per heavy atom. The van der Waals surface area contributed by atoms with Gasteiger partial charge in [0.2, 0.25) is 33.5 Å². The first-order valence-corrected chi connectivity index (χ1v) is 14.9. The molecular weight excluding hydrogens is 572 g/mol. The summed E-state index contributed by atoms with van der Waals surface area (Å²) in [6.07, 6.45) is 0.807. The SMILES string of the molecule is O=C1CCC(=O)N1c1ccc(Oc2ccc(S(=O)(=O)c3ccc(Oc4ccc(N5C(=O)CCC5=O)cc4)cc3)cc2)cc1. The van der Waals surface area contributed by atoms with Crippen molar-refractivity contribution in [2.75, 3.05) is 9.80 Å². The minimum atomic E-state index is -3.82. The van der Waals surface area contributed by atoms with Crippen LogP contribution in [0.1, 0.15) is 25.7 Å². The molecule has 216 valence electrons. The molecule has 11 heteroatoms. The second-order valence-electron chi connectivity index (χ2n) is 9.88. The molecule has 0 saturated carbocycles. The molecule has 6 rings (SSSR count). The lowest BCUT2D eigenvalue weighted by Crippen LogP contribution is -2.28. The molecule has 2 fully saturated rings. The predicted molar refractivity (Wildman–Crippen MR) is 155 cm³/mol. The number of sulfone groups is 1. The highest BCUT2D eigenvalue weighted by molar-refractivity contribution is 7.91. The molecule has 0 spiro atoms. The van der Waals surface area contributed by atoms with E-state index in [1.807, 2.05) is 0 Å². The smallest absolute Gasteiger partial charge is 0.234 e. The van der Waals surface area contributed by atoms with E-state index in [2.05, 4.69) is 0 Å². The van der Waals surface area contributed by atoms with Crippen LogP contribution in [0.15, 0.2) is 107 Å². The highest BCUT2D eigenvalue weighted by atomic mass is 32.2. The minimum Gasteiger partial charge on any atom is -0.457 e. The predicted octanol–water partition coefficient (Wildman–Crippen LogP) is 5.41. The Bertz CT molecular complexity index is 1670. The summed E-state index contributed by atoms with van der Waals surface area (Å²) >= 11 is 0. The Morgan fingerprint density at radius 2 is 0.674 bits per heavy atom. The molecule has 0 bridgehead atoms. The molecule has 2 saturated heterocycles. The van der Waals surface area contributed by atoms with Gasteiger partial charge in [0.15, 0.2) is 0 Å². The molecule has 0 aromatic heterocycles. The normalized spacial score (nSPS) is 15.3. The minimum absolute atomic E-state index is 0.0801. The summed E-state index contributed by atoms with van der Waals surface area (Å²) in [4.78, 5) is 50.2. The van der Waals surface area contributed by atoms with Crippen molar-refractivity contribution in [1.82, 2.24) is 0 Å². The van der Waals surface area contributed by atoms with Gasteiger partial charge in [-0.15, -0.1) is 0 Å². The van der Waals surface area contributed by atoms with Gasteiger partial charge >= 0.3 is 0 Å². The second kappa shape index (κ2) is 11.2. The Kier molecular flexibility index (Phi) is 7.24. The van der Waals surface area contributed by atoms with Crippen molar-refractivity contribution in [1.29, 1.82) is 0 Å². The van der Waals surface area contributed by atoms with Gasteiger partial charge in [0, 0.05) is 25.7 Å². The van der Waals surface area contributed by atoms with Gasteiger partial charge in [0.1, 0.15) is 23.0 Å². The van der Waals surface area contributed by atoms with E-state index in [-0.39, 0.29) is 59.1 Å². The highest BCUT2D eigenvalue weighted by Gasteiger charge is 2.31. The van der Waals surface area contributed by atoms with E-state index >= 15 is 0 Å². The molecule has 2 heterocycles. The molecule has 43 heavy (non-hydrogen) atoms. The standard InChI is InChI=1S/C32H24N2O8S/c35-29-17-18-30(36)33(29)21-1-5-23(6-2-21)41-25-9-13-27(14-10-25)43(39,40)28-15-11-26(12-16-28)42-24-7-3-22(4-8-24)34-31(37)19-20-32(34)38/h1-16H,17-20H2. The average Bonchev–Trinajstić information content (AvgIpc) is 3.53. The van der Waals surface area contributed by atoms with E-state index < -0.39 is 9.84 Å². The lowest BCUT2D eigenvalue weighted by Gasteiger charge is -2.14. The third-order valence-corrected chi connectivity index (χ3v) is 8.82. The van der Waals surface area contributed by atoms with Crippen molar-refractivity contribution in [3.05, 3.63) is 97.1 Å². The summed E-state index contributed by atoms with van der Waals surface area (Å²) in [5, 5.41) is 0. The maximum Gasteiger partial charge on any atom is 0.234 e. The number of carbonyl (C=O) groups is 4. The van der Waals surface area contributed by atoms with Crippen LogP contribution < -0.4 is 19.3 Å². The maximum atomic E-state index is 13.2. The highest BCUT2D eigenvalue weighted by Crippen LogP contribution is 2.31. The number of amides is 4. The van der Waals surface area contributed by atoms with Gasteiger partial charge in [0.05, 0.1) is 21.2 Å². The number of nitrogens with zero attached hydrogens (tertiary/aromatic N) is 2. The van der Waals surface area contributed by atoms with Gasteiger partial charge < -0.3 is 9.47 Å². The van der Waals surface area contributed by atoms with Crippen molar-refractivity contribution < 1.29 is 37.1 Å². The summed E-state index contributed by atoms with van der Waals surface area (Å²) in [6, 6.07) is 25.0. The number of ether oxygens (including phenoxy) is 2. The number of imide groups is 2. The summed E-state index contributed by atoms with van der Waals surface area (Å²) in [6.45, 7) is 0. The molecule has 0 unspecified atom stereocenters. The zero-order valence-corrected chi connectivity index (χ0v) is 23.5. The summed E-state index contributed by atoms with van der Waals surface area (Å²) in [5.74, 6) is 0.794. The molecule has 0 radical (unpaired) electrons. The van der Waals surface area contributed by atoms with Crippen LogP contribution in [0, 0.1) is 0 Å². The largest absolute Gasteiger partial charge is 0.457 e. The average molecular weight is 597 g/mol. The number of benzene rings is 4. The van der Waals surface area contributed by atoms with Gasteiger partial charge in [-0.2, -0.15) is 0 Å². The fraction of sp³-hybridized carbons (Fsp3) is 0.125. The van der Waals surface area contributed by atoms with Gasteiger partial charge in [-0.25, -0.2) is 8.42 Å². The van der Waals surface area contributed by atoms with Gasteiger partial charge in [0.25, 0.3) is 0 Å². The van der Waals surface area contributed by atoms with Crippen molar-refractivity contribution in [2.45, 2.75) is 35.5 Å². The van der Waals surface area contributed by atoms with Crippen LogP contribution in [0.4, 0.5) is 11.4 Å².